The summed E-state index contributed by atoms with van der Waals surface area (Å²) in [4.78, 5) is 0. The van der Waals surface area contributed by atoms with Crippen LogP contribution < -0.4 is 4.74 Å². The lowest BCUT2D eigenvalue weighted by Crippen LogP contribution is -2.24. The van der Waals surface area contributed by atoms with Crippen LogP contribution in [0.15, 0.2) is 36.4 Å². The van der Waals surface area contributed by atoms with E-state index in [-0.39, 0.29) is 6.61 Å². The van der Waals surface area contributed by atoms with Crippen LogP contribution in [0, 0.1) is 17.6 Å². The van der Waals surface area contributed by atoms with E-state index in [1.54, 1.807) is 24.3 Å². The van der Waals surface area contributed by atoms with Crippen LogP contribution in [0.4, 0.5) is 13.2 Å². The van der Waals surface area contributed by atoms with Crippen molar-refractivity contribution < 1.29 is 27.4 Å². The molecule has 0 aliphatic carbocycles. The zero-order valence-corrected chi connectivity index (χ0v) is 13.8. The largest absolute Gasteiger partial charge is 0.485 e. The fourth-order valence-corrected chi connectivity index (χ4v) is 2.63. The van der Waals surface area contributed by atoms with Gasteiger partial charge in [-0.25, -0.2) is 13.2 Å². The fourth-order valence-electron chi connectivity index (χ4n) is 2.63. The van der Waals surface area contributed by atoms with Gasteiger partial charge in [-0.1, -0.05) is 31.2 Å². The summed E-state index contributed by atoms with van der Waals surface area (Å²) in [6.45, 7) is 2.10. The number of alkyl halides is 1. The molecular weight excluding hydrogens is 333 g/mol. The number of benzene rings is 2. The number of hydrogen-bond donors (Lipinski definition) is 0. The summed E-state index contributed by atoms with van der Waals surface area (Å²) < 4.78 is 56.1. The summed E-state index contributed by atoms with van der Waals surface area (Å²) in [7, 11) is 0. The monoisotopic (exact) mass is 352 g/mol. The molecule has 1 saturated heterocycles. The molecule has 6 heteroatoms. The zero-order chi connectivity index (χ0) is 17.8. The van der Waals surface area contributed by atoms with E-state index in [1.165, 1.54) is 12.1 Å². The molecule has 2 aromatic carbocycles. The van der Waals surface area contributed by atoms with Gasteiger partial charge in [0.05, 0.1) is 13.2 Å². The maximum atomic E-state index is 14.0. The molecule has 134 valence electrons. The molecule has 0 saturated carbocycles. The van der Waals surface area contributed by atoms with Crippen molar-refractivity contribution in [1.29, 1.82) is 0 Å². The molecule has 0 spiro atoms. The van der Waals surface area contributed by atoms with Gasteiger partial charge in [0.25, 0.3) is 0 Å². The molecule has 0 amide bonds. The van der Waals surface area contributed by atoms with Crippen LogP contribution in [0.1, 0.15) is 18.8 Å². The van der Waals surface area contributed by atoms with E-state index < -0.39 is 30.3 Å². The van der Waals surface area contributed by atoms with Crippen LogP contribution >= 0.6 is 0 Å². The molecule has 1 fully saturated rings. The first-order chi connectivity index (χ1) is 12.1. The Morgan fingerprint density at radius 2 is 1.60 bits per heavy atom. The van der Waals surface area contributed by atoms with E-state index in [4.69, 9.17) is 14.2 Å². The number of rotatable bonds is 5. The lowest BCUT2D eigenvalue weighted by molar-refractivity contribution is -0.202. The molecule has 1 heterocycles. The second-order valence-corrected chi connectivity index (χ2v) is 6.03. The Hall–Kier alpha value is -2.05. The van der Waals surface area contributed by atoms with Crippen LogP contribution in [0.2, 0.25) is 0 Å². The summed E-state index contributed by atoms with van der Waals surface area (Å²) >= 11 is 0. The van der Waals surface area contributed by atoms with Crippen LogP contribution in [0.25, 0.3) is 11.1 Å². The maximum Gasteiger partial charge on any atom is 0.190 e. The number of hydrogen-bond acceptors (Lipinski definition) is 3. The van der Waals surface area contributed by atoms with Crippen molar-refractivity contribution in [1.82, 2.24) is 0 Å². The number of halogens is 3. The third kappa shape index (κ3) is 4.14. The molecule has 3 rings (SSSR count). The standard InChI is InChI=1S/C19H19F3O3/c1-12-10-24-19(25-11-12)14-4-2-13(3-5-14)15-8-16(21)18(17(22)9-15)23-7-6-20/h2-5,8-9,12,19H,6-7,10-11H2,1H3. The van der Waals surface area contributed by atoms with Crippen molar-refractivity contribution in [3.8, 4) is 16.9 Å². The Morgan fingerprint density at radius 1 is 1.00 bits per heavy atom. The molecule has 0 radical (unpaired) electrons. The first-order valence-electron chi connectivity index (χ1n) is 8.10. The van der Waals surface area contributed by atoms with Crippen LogP contribution in [0.5, 0.6) is 5.75 Å². The predicted molar refractivity (Wildman–Crippen MR) is 87.1 cm³/mol. The summed E-state index contributed by atoms with van der Waals surface area (Å²) in [5.41, 5.74) is 1.86. The van der Waals surface area contributed by atoms with Gasteiger partial charge in [-0.3, -0.25) is 0 Å². The average molecular weight is 352 g/mol. The van der Waals surface area contributed by atoms with Crippen molar-refractivity contribution in [3.05, 3.63) is 53.6 Å². The van der Waals surface area contributed by atoms with Crippen molar-refractivity contribution in [3.63, 3.8) is 0 Å². The fraction of sp³-hybridized carbons (Fsp3) is 0.368. The average Bonchev–Trinajstić information content (AvgIpc) is 2.62. The summed E-state index contributed by atoms with van der Waals surface area (Å²) in [5.74, 6) is -1.92. The molecule has 0 atom stereocenters. The van der Waals surface area contributed by atoms with Crippen LogP contribution in [-0.4, -0.2) is 26.5 Å². The Kier molecular flexibility index (Phi) is 5.60. The highest BCUT2D eigenvalue weighted by Gasteiger charge is 2.21. The highest BCUT2D eigenvalue weighted by atomic mass is 19.1. The van der Waals surface area contributed by atoms with Crippen molar-refractivity contribution in [2.24, 2.45) is 5.92 Å². The Balaban J connectivity index is 1.78. The van der Waals surface area contributed by atoms with Gasteiger partial charge in [-0.2, -0.15) is 0 Å². The van der Waals surface area contributed by atoms with Gasteiger partial charge in [0.2, 0.25) is 0 Å². The molecule has 2 aromatic rings. The minimum atomic E-state index is -0.861. The van der Waals surface area contributed by atoms with E-state index in [1.807, 2.05) is 6.92 Å². The normalized spacial score (nSPS) is 20.5. The molecule has 0 unspecified atom stereocenters. The van der Waals surface area contributed by atoms with Gasteiger partial charge in [0, 0.05) is 11.5 Å². The molecule has 1 aliphatic rings. The zero-order valence-electron chi connectivity index (χ0n) is 13.8. The quantitative estimate of drug-likeness (QED) is 0.783. The SMILES string of the molecule is CC1COC(c2ccc(-c3cc(F)c(OCCF)c(F)c3)cc2)OC1. The maximum absolute atomic E-state index is 14.0. The lowest BCUT2D eigenvalue weighted by Gasteiger charge is -2.27. The minimum absolute atomic E-state index is 0.361. The lowest BCUT2D eigenvalue weighted by atomic mass is 10.0. The summed E-state index contributed by atoms with van der Waals surface area (Å²) in [5, 5.41) is 0. The summed E-state index contributed by atoms with van der Waals surface area (Å²) in [6, 6.07) is 9.44. The van der Waals surface area contributed by atoms with E-state index in [9.17, 15) is 13.2 Å². The predicted octanol–water partition coefficient (Wildman–Crippen LogP) is 4.66. The van der Waals surface area contributed by atoms with Gasteiger partial charge in [0.15, 0.2) is 23.7 Å². The van der Waals surface area contributed by atoms with E-state index >= 15 is 0 Å². The third-order valence-electron chi connectivity index (χ3n) is 3.90. The molecule has 25 heavy (non-hydrogen) atoms. The van der Waals surface area contributed by atoms with E-state index in [0.29, 0.717) is 30.3 Å². The van der Waals surface area contributed by atoms with Gasteiger partial charge in [-0.05, 0) is 23.3 Å². The number of ether oxygens (including phenoxy) is 3. The highest BCUT2D eigenvalue weighted by molar-refractivity contribution is 5.65. The van der Waals surface area contributed by atoms with E-state index in [0.717, 1.165) is 5.56 Å². The van der Waals surface area contributed by atoms with Crippen molar-refractivity contribution in [2.75, 3.05) is 26.5 Å². The molecule has 3 nitrogen and oxygen atoms in total. The molecule has 0 N–H and O–H groups in total. The Labute approximate surface area is 144 Å². The minimum Gasteiger partial charge on any atom is -0.485 e. The molecule has 0 bridgehead atoms. The smallest absolute Gasteiger partial charge is 0.190 e. The van der Waals surface area contributed by atoms with Gasteiger partial charge < -0.3 is 14.2 Å². The molecular formula is C19H19F3O3. The summed E-state index contributed by atoms with van der Waals surface area (Å²) in [6.07, 6.45) is -0.421. The van der Waals surface area contributed by atoms with Crippen LogP contribution in [-0.2, 0) is 9.47 Å². The first kappa shape index (κ1) is 17.8. The third-order valence-corrected chi connectivity index (χ3v) is 3.90. The van der Waals surface area contributed by atoms with Gasteiger partial charge in [0.1, 0.15) is 13.3 Å². The van der Waals surface area contributed by atoms with Crippen molar-refractivity contribution >= 4 is 0 Å². The highest BCUT2D eigenvalue weighted by Crippen LogP contribution is 2.31. The molecule has 0 aromatic heterocycles. The van der Waals surface area contributed by atoms with Gasteiger partial charge >= 0.3 is 0 Å². The van der Waals surface area contributed by atoms with E-state index in [2.05, 4.69) is 0 Å². The second-order valence-electron chi connectivity index (χ2n) is 6.03. The van der Waals surface area contributed by atoms with Crippen LogP contribution in [0.3, 0.4) is 0 Å². The second kappa shape index (κ2) is 7.89. The van der Waals surface area contributed by atoms with Crippen molar-refractivity contribution in [2.45, 2.75) is 13.2 Å². The molecule has 1 aliphatic heterocycles. The Bertz CT molecular complexity index is 687. The topological polar surface area (TPSA) is 27.7 Å². The van der Waals surface area contributed by atoms with Gasteiger partial charge in [-0.15, -0.1) is 0 Å². The Morgan fingerprint density at radius 3 is 2.16 bits per heavy atom. The first-order valence-corrected chi connectivity index (χ1v) is 8.10.